The van der Waals surface area contributed by atoms with Crippen molar-refractivity contribution in [2.24, 2.45) is 5.92 Å². The maximum atomic E-state index is 11.4. The Bertz CT molecular complexity index is 265. The van der Waals surface area contributed by atoms with Gasteiger partial charge in [-0.1, -0.05) is 13.8 Å². The molecule has 1 rings (SSSR count). The molecule has 0 aliphatic carbocycles. The fraction of sp³-hybridized carbons (Fsp3) is 0.917. The molecule has 5 heteroatoms. The van der Waals surface area contributed by atoms with Crippen molar-refractivity contribution in [2.45, 2.75) is 32.5 Å². The van der Waals surface area contributed by atoms with Gasteiger partial charge in [0.25, 0.3) is 0 Å². The summed E-state index contributed by atoms with van der Waals surface area (Å²) in [6.07, 6.45) is -0.531. The van der Waals surface area contributed by atoms with Crippen LogP contribution in [0.25, 0.3) is 0 Å². The largest absolute Gasteiger partial charge is 0.467 e. The van der Waals surface area contributed by atoms with Crippen LogP contribution in [0.1, 0.15) is 20.8 Å². The second-order valence-electron chi connectivity index (χ2n) is 5.13. The van der Waals surface area contributed by atoms with Gasteiger partial charge in [-0.25, -0.2) is 4.79 Å². The van der Waals surface area contributed by atoms with Crippen LogP contribution in [0.5, 0.6) is 0 Å². The third kappa shape index (κ3) is 3.94. The van der Waals surface area contributed by atoms with Crippen molar-refractivity contribution < 1.29 is 19.4 Å². The number of carbonyl (C=O) groups excluding carboxylic acids is 1. The van der Waals surface area contributed by atoms with Gasteiger partial charge in [0.05, 0.1) is 19.3 Å². The molecule has 1 aliphatic heterocycles. The molecule has 0 aromatic heterocycles. The van der Waals surface area contributed by atoms with Crippen LogP contribution in [0.2, 0.25) is 0 Å². The van der Waals surface area contributed by atoms with Gasteiger partial charge in [0, 0.05) is 19.6 Å². The first-order valence-electron chi connectivity index (χ1n) is 6.01. The number of esters is 1. The molecule has 1 fully saturated rings. The number of hydrogen-bond acceptors (Lipinski definition) is 5. The van der Waals surface area contributed by atoms with Crippen LogP contribution >= 0.6 is 0 Å². The minimum absolute atomic E-state index is 0.168. The number of nitrogens with zero attached hydrogens (tertiary/aromatic N) is 1. The number of hydrogen-bond donors (Lipinski definition) is 1. The number of morpholine rings is 1. The maximum Gasteiger partial charge on any atom is 0.336 e. The first kappa shape index (κ1) is 14.4. The van der Waals surface area contributed by atoms with Gasteiger partial charge >= 0.3 is 5.97 Å². The molecule has 2 unspecified atom stereocenters. The summed E-state index contributed by atoms with van der Waals surface area (Å²) in [6, 6.07) is 0. The van der Waals surface area contributed by atoms with E-state index in [0.29, 0.717) is 19.7 Å². The van der Waals surface area contributed by atoms with Crippen LogP contribution in [-0.4, -0.2) is 61.0 Å². The molecule has 1 aliphatic rings. The Kier molecular flexibility index (Phi) is 4.91. The summed E-state index contributed by atoms with van der Waals surface area (Å²) in [5, 5.41) is 10.2. The number of ether oxygens (including phenoxy) is 2. The topological polar surface area (TPSA) is 59.0 Å². The Morgan fingerprint density at radius 2 is 2.29 bits per heavy atom. The Morgan fingerprint density at radius 3 is 2.82 bits per heavy atom. The minimum Gasteiger partial charge on any atom is -0.467 e. The van der Waals surface area contributed by atoms with Gasteiger partial charge in [-0.3, -0.25) is 4.90 Å². The first-order chi connectivity index (χ1) is 7.86. The predicted molar refractivity (Wildman–Crippen MR) is 63.7 cm³/mol. The van der Waals surface area contributed by atoms with Gasteiger partial charge in [-0.2, -0.15) is 0 Å². The van der Waals surface area contributed by atoms with Gasteiger partial charge in [0.2, 0.25) is 0 Å². The highest BCUT2D eigenvalue weighted by atomic mass is 16.6. The van der Waals surface area contributed by atoms with Crippen LogP contribution in [0, 0.1) is 5.92 Å². The number of β-amino-alcohol motifs (C(OH)–C–C–N with tert-alkyl or cyclic N) is 1. The molecule has 0 spiro atoms. The van der Waals surface area contributed by atoms with Crippen LogP contribution in [0.4, 0.5) is 0 Å². The maximum absolute atomic E-state index is 11.4. The van der Waals surface area contributed by atoms with E-state index in [1.807, 2.05) is 25.7 Å². The third-order valence-electron chi connectivity index (χ3n) is 3.40. The number of carbonyl (C=O) groups is 1. The summed E-state index contributed by atoms with van der Waals surface area (Å²) in [6.45, 7) is 8.04. The van der Waals surface area contributed by atoms with Crippen molar-refractivity contribution in [3.63, 3.8) is 0 Å². The van der Waals surface area contributed by atoms with Crippen molar-refractivity contribution >= 4 is 5.97 Å². The Labute approximate surface area is 103 Å². The molecule has 1 heterocycles. The molecule has 0 radical (unpaired) electrons. The molecule has 0 saturated carbocycles. The van der Waals surface area contributed by atoms with Crippen LogP contribution < -0.4 is 0 Å². The van der Waals surface area contributed by atoms with E-state index in [1.54, 1.807) is 0 Å². The lowest BCUT2D eigenvalue weighted by Gasteiger charge is -2.38. The van der Waals surface area contributed by atoms with E-state index in [4.69, 9.17) is 4.74 Å². The Morgan fingerprint density at radius 1 is 1.65 bits per heavy atom. The monoisotopic (exact) mass is 245 g/mol. The lowest BCUT2D eigenvalue weighted by atomic mass is 9.92. The second kappa shape index (κ2) is 5.80. The standard InChI is InChI=1S/C12H23NO4/c1-9(2)12(3,15)8-13-5-6-17-10(7-13)11(14)16-4/h9-10,15H,5-8H2,1-4H3. The van der Waals surface area contributed by atoms with Crippen molar-refractivity contribution in [1.29, 1.82) is 0 Å². The van der Waals surface area contributed by atoms with Gasteiger partial charge in [-0.05, 0) is 12.8 Å². The van der Waals surface area contributed by atoms with Gasteiger partial charge < -0.3 is 14.6 Å². The van der Waals surface area contributed by atoms with Gasteiger partial charge in [-0.15, -0.1) is 0 Å². The summed E-state index contributed by atoms with van der Waals surface area (Å²) in [4.78, 5) is 13.4. The molecule has 2 atom stereocenters. The van der Waals surface area contributed by atoms with E-state index < -0.39 is 11.7 Å². The van der Waals surface area contributed by atoms with Crippen molar-refractivity contribution in [2.75, 3.05) is 33.4 Å². The highest BCUT2D eigenvalue weighted by Gasteiger charge is 2.33. The Hall–Kier alpha value is -0.650. The molecule has 0 amide bonds. The summed E-state index contributed by atoms with van der Waals surface area (Å²) >= 11 is 0. The average molecular weight is 245 g/mol. The van der Waals surface area contributed by atoms with E-state index in [-0.39, 0.29) is 11.9 Å². The quantitative estimate of drug-likeness (QED) is 0.720. The third-order valence-corrected chi connectivity index (χ3v) is 3.40. The second-order valence-corrected chi connectivity index (χ2v) is 5.13. The molecular formula is C12H23NO4. The molecule has 0 aromatic rings. The molecule has 0 aromatic carbocycles. The van der Waals surface area contributed by atoms with Crippen molar-refractivity contribution in [3.05, 3.63) is 0 Å². The van der Waals surface area contributed by atoms with Crippen LogP contribution in [0.15, 0.2) is 0 Å². The van der Waals surface area contributed by atoms with Crippen molar-refractivity contribution in [3.8, 4) is 0 Å². The fourth-order valence-electron chi connectivity index (χ4n) is 1.76. The average Bonchev–Trinajstić information content (AvgIpc) is 2.27. The van der Waals surface area contributed by atoms with E-state index in [2.05, 4.69) is 4.74 Å². The lowest BCUT2D eigenvalue weighted by molar-refractivity contribution is -0.161. The zero-order valence-corrected chi connectivity index (χ0v) is 11.1. The molecule has 1 N–H and O–H groups in total. The van der Waals surface area contributed by atoms with E-state index >= 15 is 0 Å². The van der Waals surface area contributed by atoms with E-state index in [1.165, 1.54) is 7.11 Å². The fourth-order valence-corrected chi connectivity index (χ4v) is 1.76. The normalized spacial score (nSPS) is 25.6. The molecule has 100 valence electrons. The zero-order valence-electron chi connectivity index (χ0n) is 11.1. The predicted octanol–water partition coefficient (Wildman–Crippen LogP) is 0.267. The number of rotatable bonds is 4. The molecule has 17 heavy (non-hydrogen) atoms. The summed E-state index contributed by atoms with van der Waals surface area (Å²) in [5.74, 6) is -0.180. The molecule has 1 saturated heterocycles. The highest BCUT2D eigenvalue weighted by Crippen LogP contribution is 2.19. The highest BCUT2D eigenvalue weighted by molar-refractivity contribution is 5.74. The van der Waals surface area contributed by atoms with Crippen LogP contribution in [-0.2, 0) is 14.3 Å². The number of aliphatic hydroxyl groups is 1. The molecule has 0 bridgehead atoms. The van der Waals surface area contributed by atoms with Crippen molar-refractivity contribution in [1.82, 2.24) is 4.90 Å². The molecule has 5 nitrogen and oxygen atoms in total. The lowest BCUT2D eigenvalue weighted by Crippen LogP contribution is -2.52. The van der Waals surface area contributed by atoms with Gasteiger partial charge in [0.15, 0.2) is 6.10 Å². The smallest absolute Gasteiger partial charge is 0.336 e. The Balaban J connectivity index is 2.53. The van der Waals surface area contributed by atoms with Gasteiger partial charge in [0.1, 0.15) is 0 Å². The van der Waals surface area contributed by atoms with E-state index in [0.717, 1.165) is 6.54 Å². The van der Waals surface area contributed by atoms with E-state index in [9.17, 15) is 9.90 Å². The minimum atomic E-state index is -0.752. The SMILES string of the molecule is COC(=O)C1CN(CC(C)(O)C(C)C)CCO1. The first-order valence-corrected chi connectivity index (χ1v) is 6.01. The molecular weight excluding hydrogens is 222 g/mol. The zero-order chi connectivity index (χ0) is 13.1. The summed E-state index contributed by atoms with van der Waals surface area (Å²) in [5.41, 5.74) is -0.752. The summed E-state index contributed by atoms with van der Waals surface area (Å²) in [7, 11) is 1.36. The number of methoxy groups -OCH3 is 1. The van der Waals surface area contributed by atoms with Crippen LogP contribution in [0.3, 0.4) is 0 Å². The summed E-state index contributed by atoms with van der Waals surface area (Å²) < 4.78 is 10.0.